The van der Waals surface area contributed by atoms with Gasteiger partial charge in [-0.3, -0.25) is 15.0 Å². The minimum Gasteiger partial charge on any atom is -0.379 e. The lowest BCUT2D eigenvalue weighted by Gasteiger charge is -2.27. The maximum Gasteiger partial charge on any atom is 0.275 e. The van der Waals surface area contributed by atoms with Crippen molar-refractivity contribution in [1.29, 1.82) is 0 Å². The maximum absolute atomic E-state index is 11.1. The smallest absolute Gasteiger partial charge is 0.275 e. The molecule has 0 amide bonds. The van der Waals surface area contributed by atoms with Crippen LogP contribution in [0.1, 0.15) is 0 Å². The molecular weight excluding hydrogens is 238 g/mol. The molecule has 0 bridgehead atoms. The molecule has 0 unspecified atom stereocenters. The second kappa shape index (κ2) is 6.67. The van der Waals surface area contributed by atoms with Gasteiger partial charge < -0.3 is 14.4 Å². The van der Waals surface area contributed by atoms with Crippen LogP contribution in [0.15, 0.2) is 11.9 Å². The Kier molecular flexibility index (Phi) is 4.91. The van der Waals surface area contributed by atoms with Crippen LogP contribution in [-0.2, 0) is 9.47 Å². The Hall–Kier alpha value is -1.18. The minimum absolute atomic E-state index is 0.249. The van der Waals surface area contributed by atoms with Crippen LogP contribution in [0, 0.1) is 10.1 Å². The largest absolute Gasteiger partial charge is 0.379 e. The van der Waals surface area contributed by atoms with Crippen molar-refractivity contribution in [3.05, 3.63) is 22.0 Å². The number of nitro groups is 1. The zero-order valence-corrected chi connectivity index (χ0v) is 10.4. The van der Waals surface area contributed by atoms with Gasteiger partial charge in [0.15, 0.2) is 0 Å². The Bertz CT molecular complexity index is 309. The van der Waals surface area contributed by atoms with Crippen LogP contribution in [0.5, 0.6) is 0 Å². The summed E-state index contributed by atoms with van der Waals surface area (Å²) in [4.78, 5) is 14.8. The summed E-state index contributed by atoms with van der Waals surface area (Å²) in [5.41, 5.74) is 0.249. The zero-order chi connectivity index (χ0) is 12.8. The third kappa shape index (κ3) is 3.94. The lowest BCUT2D eigenvalue weighted by atomic mass is 10.3. The molecule has 0 saturated carbocycles. The van der Waals surface area contributed by atoms with E-state index in [0.717, 1.165) is 26.2 Å². The van der Waals surface area contributed by atoms with Crippen molar-refractivity contribution in [2.24, 2.45) is 0 Å². The van der Waals surface area contributed by atoms with E-state index < -0.39 is 0 Å². The molecule has 2 aliphatic rings. The highest BCUT2D eigenvalue weighted by Gasteiger charge is 2.20. The predicted molar refractivity (Wildman–Crippen MR) is 64.7 cm³/mol. The Balaban J connectivity index is 1.93. The van der Waals surface area contributed by atoms with E-state index in [0.29, 0.717) is 33.0 Å². The third-order valence-corrected chi connectivity index (χ3v) is 3.10. The molecule has 2 fully saturated rings. The number of hydrogen-bond donors (Lipinski definition) is 0. The zero-order valence-electron chi connectivity index (χ0n) is 10.4. The average molecular weight is 257 g/mol. The van der Waals surface area contributed by atoms with Gasteiger partial charge in [-0.2, -0.15) is 0 Å². The topological polar surface area (TPSA) is 68.1 Å². The second-order valence-corrected chi connectivity index (χ2v) is 4.41. The Morgan fingerprint density at radius 1 is 1.11 bits per heavy atom. The molecule has 0 aromatic heterocycles. The number of hydrogen-bond acceptors (Lipinski definition) is 6. The van der Waals surface area contributed by atoms with E-state index in [-0.39, 0.29) is 10.6 Å². The molecule has 0 radical (unpaired) electrons. The van der Waals surface area contributed by atoms with Gasteiger partial charge in [0.05, 0.1) is 44.1 Å². The Morgan fingerprint density at radius 3 is 2.22 bits per heavy atom. The summed E-state index contributed by atoms with van der Waals surface area (Å²) in [6.45, 7) is 5.93. The van der Waals surface area contributed by atoms with Gasteiger partial charge in [0.1, 0.15) is 0 Å². The quantitative estimate of drug-likeness (QED) is 0.512. The lowest BCUT2D eigenvalue weighted by Crippen LogP contribution is -2.39. The number of rotatable bonds is 4. The molecule has 0 aliphatic carbocycles. The summed E-state index contributed by atoms with van der Waals surface area (Å²) in [5.74, 6) is 0. The first-order valence-corrected chi connectivity index (χ1v) is 6.23. The highest BCUT2D eigenvalue weighted by atomic mass is 16.6. The molecule has 18 heavy (non-hydrogen) atoms. The van der Waals surface area contributed by atoms with Gasteiger partial charge in [0.2, 0.25) is 0 Å². The third-order valence-electron chi connectivity index (χ3n) is 3.10. The second-order valence-electron chi connectivity index (χ2n) is 4.41. The van der Waals surface area contributed by atoms with E-state index in [4.69, 9.17) is 9.47 Å². The molecular formula is C11H19N3O4. The fraction of sp³-hybridized carbons (Fsp3) is 0.818. The first kappa shape index (κ1) is 13.3. The first-order valence-electron chi connectivity index (χ1n) is 6.23. The summed E-state index contributed by atoms with van der Waals surface area (Å²) in [5, 5.41) is 11.1. The van der Waals surface area contributed by atoms with E-state index in [9.17, 15) is 10.1 Å². The molecule has 0 spiro atoms. The molecule has 2 saturated heterocycles. The highest BCUT2D eigenvalue weighted by Crippen LogP contribution is 2.07. The van der Waals surface area contributed by atoms with Crippen LogP contribution in [-0.4, -0.2) is 73.9 Å². The van der Waals surface area contributed by atoms with Gasteiger partial charge in [-0.25, -0.2) is 0 Å². The summed E-state index contributed by atoms with van der Waals surface area (Å²) in [6.07, 6.45) is 1.66. The molecule has 2 rings (SSSR count). The molecule has 0 N–H and O–H groups in total. The van der Waals surface area contributed by atoms with Crippen LogP contribution in [0.25, 0.3) is 0 Å². The van der Waals surface area contributed by atoms with Crippen LogP contribution >= 0.6 is 0 Å². The maximum atomic E-state index is 11.1. The van der Waals surface area contributed by atoms with Crippen LogP contribution in [0.3, 0.4) is 0 Å². The fourth-order valence-corrected chi connectivity index (χ4v) is 2.05. The molecule has 7 nitrogen and oxygen atoms in total. The average Bonchev–Trinajstić information content (AvgIpc) is 2.40. The van der Waals surface area contributed by atoms with Crippen molar-refractivity contribution in [1.82, 2.24) is 9.80 Å². The van der Waals surface area contributed by atoms with Crippen LogP contribution < -0.4 is 0 Å². The number of morpholine rings is 2. The van der Waals surface area contributed by atoms with Gasteiger partial charge in [-0.05, 0) is 0 Å². The predicted octanol–water partition coefficient (Wildman–Crippen LogP) is -0.231. The molecule has 0 atom stereocenters. The van der Waals surface area contributed by atoms with Gasteiger partial charge in [-0.1, -0.05) is 0 Å². The molecule has 2 aliphatic heterocycles. The van der Waals surface area contributed by atoms with E-state index in [2.05, 4.69) is 4.90 Å². The van der Waals surface area contributed by atoms with Crippen molar-refractivity contribution in [2.75, 3.05) is 59.2 Å². The summed E-state index contributed by atoms with van der Waals surface area (Å²) >= 11 is 0. The number of ether oxygens (including phenoxy) is 2. The lowest BCUT2D eigenvalue weighted by molar-refractivity contribution is -0.429. The first-order chi connectivity index (χ1) is 8.75. The van der Waals surface area contributed by atoms with Gasteiger partial charge in [0, 0.05) is 26.2 Å². The van der Waals surface area contributed by atoms with Crippen LogP contribution in [0.2, 0.25) is 0 Å². The normalized spacial score (nSPS) is 23.1. The Labute approximate surface area is 106 Å². The van der Waals surface area contributed by atoms with Crippen molar-refractivity contribution >= 4 is 0 Å². The van der Waals surface area contributed by atoms with Crippen LogP contribution in [0.4, 0.5) is 0 Å². The van der Waals surface area contributed by atoms with Crippen molar-refractivity contribution in [3.63, 3.8) is 0 Å². The SMILES string of the molecule is O=[N+]([O-])C(=CN1CCOCC1)CN1CCOCC1. The standard InChI is InChI=1S/C11H19N3O4/c15-14(16)11(9-12-1-5-17-6-2-12)10-13-3-7-18-8-4-13/h9H,1-8,10H2. The summed E-state index contributed by atoms with van der Waals surface area (Å²) in [6, 6.07) is 0. The van der Waals surface area contributed by atoms with Gasteiger partial charge >= 0.3 is 0 Å². The fourth-order valence-electron chi connectivity index (χ4n) is 2.05. The number of nitrogens with zero attached hydrogens (tertiary/aromatic N) is 3. The summed E-state index contributed by atoms with van der Waals surface area (Å²) in [7, 11) is 0. The van der Waals surface area contributed by atoms with Gasteiger partial charge in [-0.15, -0.1) is 0 Å². The minimum atomic E-state index is -0.287. The van der Waals surface area contributed by atoms with E-state index in [1.807, 2.05) is 4.90 Å². The highest BCUT2D eigenvalue weighted by molar-refractivity contribution is 4.95. The molecule has 0 aromatic rings. The van der Waals surface area contributed by atoms with Crippen molar-refractivity contribution < 1.29 is 14.4 Å². The molecule has 102 valence electrons. The summed E-state index contributed by atoms with van der Waals surface area (Å²) < 4.78 is 10.5. The van der Waals surface area contributed by atoms with Gasteiger partial charge in [0.25, 0.3) is 5.70 Å². The molecule has 2 heterocycles. The van der Waals surface area contributed by atoms with E-state index in [1.165, 1.54) is 0 Å². The van der Waals surface area contributed by atoms with E-state index in [1.54, 1.807) is 6.20 Å². The molecule has 0 aromatic carbocycles. The Morgan fingerprint density at radius 2 is 1.67 bits per heavy atom. The van der Waals surface area contributed by atoms with Crippen molar-refractivity contribution in [3.8, 4) is 0 Å². The molecule has 7 heteroatoms. The monoisotopic (exact) mass is 257 g/mol. The van der Waals surface area contributed by atoms with Crippen molar-refractivity contribution in [2.45, 2.75) is 0 Å². The van der Waals surface area contributed by atoms with E-state index >= 15 is 0 Å².